The van der Waals surface area contributed by atoms with Crippen LogP contribution in [0, 0.1) is 0 Å². The third-order valence-electron chi connectivity index (χ3n) is 5.74. The topological polar surface area (TPSA) is 55.1 Å². The minimum atomic E-state index is -0.523. The Balaban J connectivity index is 1.28. The summed E-state index contributed by atoms with van der Waals surface area (Å²) in [7, 11) is 0. The van der Waals surface area contributed by atoms with Crippen LogP contribution >= 0.6 is 0 Å². The molecule has 28 heavy (non-hydrogen) atoms. The number of benzene rings is 2. The maximum atomic E-state index is 10.5. The second kappa shape index (κ2) is 7.59. The van der Waals surface area contributed by atoms with E-state index in [0.29, 0.717) is 18.8 Å². The monoisotopic (exact) mass is 379 g/mol. The van der Waals surface area contributed by atoms with Crippen LogP contribution in [0.1, 0.15) is 12.8 Å². The first-order valence-corrected chi connectivity index (χ1v) is 9.99. The average molecular weight is 379 g/mol. The molecule has 0 aliphatic carbocycles. The van der Waals surface area contributed by atoms with Gasteiger partial charge in [-0.15, -0.1) is 0 Å². The number of aliphatic hydroxyl groups is 1. The summed E-state index contributed by atoms with van der Waals surface area (Å²) in [5.41, 5.74) is 2.16. The number of aliphatic hydroxyl groups excluding tert-OH is 1. The summed E-state index contributed by atoms with van der Waals surface area (Å²) in [6.45, 7) is 2.73. The van der Waals surface area contributed by atoms with Crippen LogP contribution in [0.25, 0.3) is 21.9 Å². The van der Waals surface area contributed by atoms with Gasteiger partial charge < -0.3 is 19.0 Å². The summed E-state index contributed by atoms with van der Waals surface area (Å²) in [4.78, 5) is 2.31. The highest BCUT2D eigenvalue weighted by atomic mass is 16.5. The predicted molar refractivity (Wildman–Crippen MR) is 107 cm³/mol. The van der Waals surface area contributed by atoms with Crippen molar-refractivity contribution in [1.29, 1.82) is 0 Å². The summed E-state index contributed by atoms with van der Waals surface area (Å²) in [5, 5.41) is 12.7. The van der Waals surface area contributed by atoms with Crippen molar-refractivity contribution < 1.29 is 19.0 Å². The fraction of sp³-hybridized carbons (Fsp3) is 0.391. The van der Waals surface area contributed by atoms with Crippen molar-refractivity contribution in [1.82, 2.24) is 4.90 Å². The molecule has 1 N–H and O–H groups in total. The van der Waals surface area contributed by atoms with E-state index in [-0.39, 0.29) is 6.61 Å². The zero-order valence-corrected chi connectivity index (χ0v) is 15.8. The molecule has 0 radical (unpaired) electrons. The molecular formula is C23H25NO4. The van der Waals surface area contributed by atoms with Gasteiger partial charge in [0.25, 0.3) is 0 Å². The van der Waals surface area contributed by atoms with E-state index in [1.807, 2.05) is 24.3 Å². The van der Waals surface area contributed by atoms with E-state index in [0.717, 1.165) is 53.6 Å². The summed E-state index contributed by atoms with van der Waals surface area (Å²) in [5.74, 6) is 0.795. The zero-order valence-electron chi connectivity index (χ0n) is 15.8. The van der Waals surface area contributed by atoms with E-state index in [1.165, 1.54) is 0 Å². The second-order valence-electron chi connectivity index (χ2n) is 7.81. The van der Waals surface area contributed by atoms with Crippen molar-refractivity contribution in [3.05, 3.63) is 55.0 Å². The molecule has 1 aromatic heterocycles. The lowest BCUT2D eigenvalue weighted by atomic mass is 9.99. The fourth-order valence-electron chi connectivity index (χ4n) is 4.45. The molecule has 2 aliphatic heterocycles. The molecule has 0 saturated carbocycles. The number of β-amino-alcohol motifs (C(OH)–C–C–N with tert-alkyl or cyclic N) is 1. The Morgan fingerprint density at radius 2 is 1.82 bits per heavy atom. The van der Waals surface area contributed by atoms with E-state index < -0.39 is 6.10 Å². The second-order valence-corrected chi connectivity index (χ2v) is 7.81. The van der Waals surface area contributed by atoms with Gasteiger partial charge in [0, 0.05) is 30.6 Å². The summed E-state index contributed by atoms with van der Waals surface area (Å²) in [6, 6.07) is 14.2. The van der Waals surface area contributed by atoms with Crippen LogP contribution in [0.4, 0.5) is 0 Å². The van der Waals surface area contributed by atoms with Crippen molar-refractivity contribution >= 4 is 10.8 Å². The van der Waals surface area contributed by atoms with Gasteiger partial charge in [-0.25, -0.2) is 0 Å². The van der Waals surface area contributed by atoms with Crippen molar-refractivity contribution in [2.45, 2.75) is 31.2 Å². The van der Waals surface area contributed by atoms with Gasteiger partial charge in [-0.05, 0) is 42.0 Å². The number of ether oxygens (including phenoxy) is 2. The molecule has 3 aromatic rings. The minimum Gasteiger partial charge on any atom is -0.490 e. The lowest BCUT2D eigenvalue weighted by Gasteiger charge is -2.33. The molecule has 2 aliphatic rings. The maximum absolute atomic E-state index is 10.5. The van der Waals surface area contributed by atoms with Crippen molar-refractivity contribution in [2.24, 2.45) is 0 Å². The van der Waals surface area contributed by atoms with E-state index in [1.54, 1.807) is 12.5 Å². The number of morpholine rings is 1. The smallest absolute Gasteiger partial charge is 0.127 e. The quantitative estimate of drug-likeness (QED) is 0.708. The SMILES string of the molecule is OC(COc1ccc(-c2ccoc2)c2ccccc12)CN1C[C@H]2CC[C@@H](C1)O2. The fourth-order valence-corrected chi connectivity index (χ4v) is 4.45. The minimum absolute atomic E-state index is 0.280. The number of nitrogens with zero attached hydrogens (tertiary/aromatic N) is 1. The van der Waals surface area contributed by atoms with E-state index in [2.05, 4.69) is 23.1 Å². The van der Waals surface area contributed by atoms with Crippen LogP contribution in [-0.4, -0.2) is 54.6 Å². The Hall–Kier alpha value is -2.34. The Kier molecular flexibility index (Phi) is 4.81. The van der Waals surface area contributed by atoms with Crippen LogP contribution in [0.5, 0.6) is 5.75 Å². The van der Waals surface area contributed by atoms with Crippen LogP contribution in [0.3, 0.4) is 0 Å². The Morgan fingerprint density at radius 3 is 2.57 bits per heavy atom. The lowest BCUT2D eigenvalue weighted by molar-refractivity contribution is -0.0528. The van der Waals surface area contributed by atoms with Crippen LogP contribution < -0.4 is 4.74 Å². The molecule has 3 atom stereocenters. The molecule has 2 aromatic carbocycles. The first kappa shape index (κ1) is 17.7. The van der Waals surface area contributed by atoms with E-state index in [4.69, 9.17) is 13.9 Å². The molecule has 0 amide bonds. The Bertz CT molecular complexity index is 927. The third kappa shape index (κ3) is 3.53. The van der Waals surface area contributed by atoms with Gasteiger partial charge in [-0.2, -0.15) is 0 Å². The first-order valence-electron chi connectivity index (χ1n) is 9.99. The average Bonchev–Trinajstić information content (AvgIpc) is 3.36. The Labute approximate surface area is 164 Å². The first-order chi connectivity index (χ1) is 13.8. The van der Waals surface area contributed by atoms with Crippen molar-refractivity contribution in [3.8, 4) is 16.9 Å². The number of furan rings is 1. The molecule has 5 rings (SSSR count). The Morgan fingerprint density at radius 1 is 1.04 bits per heavy atom. The van der Waals surface area contributed by atoms with Gasteiger partial charge in [0.2, 0.25) is 0 Å². The summed E-state index contributed by atoms with van der Waals surface area (Å²) >= 11 is 0. The van der Waals surface area contributed by atoms with Gasteiger partial charge in [-0.3, -0.25) is 4.90 Å². The number of likely N-dealkylation sites (tertiary alicyclic amines) is 1. The van der Waals surface area contributed by atoms with Gasteiger partial charge in [0.15, 0.2) is 0 Å². The maximum Gasteiger partial charge on any atom is 0.127 e. The molecule has 0 spiro atoms. The summed E-state index contributed by atoms with van der Waals surface area (Å²) < 4.78 is 17.1. The van der Waals surface area contributed by atoms with Crippen LogP contribution in [0.15, 0.2) is 59.4 Å². The molecule has 2 fully saturated rings. The highest BCUT2D eigenvalue weighted by Gasteiger charge is 2.34. The van der Waals surface area contributed by atoms with Crippen molar-refractivity contribution in [3.63, 3.8) is 0 Å². The standard InChI is InChI=1S/C23H25NO4/c25-17(11-24-12-18-5-6-19(13-24)28-18)15-27-23-8-7-20(16-9-10-26-14-16)21-3-1-2-4-22(21)23/h1-4,7-10,14,17-19,25H,5-6,11-13,15H2/t17?,18-,19+. The van der Waals surface area contributed by atoms with Crippen LogP contribution in [0.2, 0.25) is 0 Å². The molecular weight excluding hydrogens is 354 g/mol. The molecule has 146 valence electrons. The van der Waals surface area contributed by atoms with Gasteiger partial charge in [0.1, 0.15) is 18.5 Å². The number of hydrogen-bond donors (Lipinski definition) is 1. The molecule has 1 unspecified atom stereocenters. The highest BCUT2D eigenvalue weighted by molar-refractivity contribution is 5.99. The summed E-state index contributed by atoms with van der Waals surface area (Å²) in [6.07, 6.45) is 5.87. The largest absolute Gasteiger partial charge is 0.490 e. The van der Waals surface area contributed by atoms with Gasteiger partial charge in [0.05, 0.1) is 24.7 Å². The number of fused-ring (bicyclic) bond motifs is 3. The third-order valence-corrected chi connectivity index (χ3v) is 5.74. The highest BCUT2D eigenvalue weighted by Crippen LogP contribution is 2.34. The lowest BCUT2D eigenvalue weighted by Crippen LogP contribution is -2.46. The normalized spacial score (nSPS) is 23.2. The van der Waals surface area contributed by atoms with Crippen molar-refractivity contribution in [2.75, 3.05) is 26.2 Å². The molecule has 3 heterocycles. The van der Waals surface area contributed by atoms with Gasteiger partial charge >= 0.3 is 0 Å². The molecule has 5 heteroatoms. The van der Waals surface area contributed by atoms with Crippen LogP contribution in [-0.2, 0) is 4.74 Å². The zero-order chi connectivity index (χ0) is 18.9. The number of rotatable bonds is 6. The van der Waals surface area contributed by atoms with Gasteiger partial charge in [-0.1, -0.05) is 24.3 Å². The van der Waals surface area contributed by atoms with E-state index >= 15 is 0 Å². The molecule has 2 bridgehead atoms. The van der Waals surface area contributed by atoms with E-state index in [9.17, 15) is 5.11 Å². The predicted octanol–water partition coefficient (Wildman–Crippen LogP) is 3.70. The molecule has 5 nitrogen and oxygen atoms in total. The number of hydrogen-bond acceptors (Lipinski definition) is 5. The molecule has 2 saturated heterocycles.